The van der Waals surface area contributed by atoms with Crippen LogP contribution in [-0.2, 0) is 17.6 Å². The van der Waals surface area contributed by atoms with Gasteiger partial charge < -0.3 is 21.1 Å². The number of hydrogen-bond donors (Lipinski definition) is 3. The second-order valence-corrected chi connectivity index (χ2v) is 7.01. The summed E-state index contributed by atoms with van der Waals surface area (Å²) in [5.74, 6) is 0.928. The van der Waals surface area contributed by atoms with Gasteiger partial charge in [-0.25, -0.2) is 4.98 Å². The smallest absolute Gasteiger partial charge is 0.255 e. The van der Waals surface area contributed by atoms with Crippen LogP contribution in [0.4, 0.5) is 0 Å². The normalized spacial score (nSPS) is 11.2. The number of primary amides is 1. The summed E-state index contributed by atoms with van der Waals surface area (Å²) in [7, 11) is 1.76. The Balaban J connectivity index is 1.67. The minimum Gasteiger partial charge on any atom is -0.484 e. The van der Waals surface area contributed by atoms with E-state index in [1.165, 1.54) is 4.88 Å². The summed E-state index contributed by atoms with van der Waals surface area (Å²) in [6.07, 6.45) is 3.63. The number of guanidine groups is 1. The van der Waals surface area contributed by atoms with Crippen molar-refractivity contribution < 1.29 is 9.53 Å². The molecule has 140 valence electrons. The van der Waals surface area contributed by atoms with Gasteiger partial charge in [0.05, 0.1) is 5.01 Å². The Hall–Kier alpha value is -2.61. The van der Waals surface area contributed by atoms with E-state index in [1.807, 2.05) is 30.5 Å². The Morgan fingerprint density at radius 3 is 2.50 bits per heavy atom. The van der Waals surface area contributed by atoms with Gasteiger partial charge in [0.25, 0.3) is 5.91 Å². The molecule has 0 saturated carbocycles. The number of amides is 1. The highest BCUT2D eigenvalue weighted by atomic mass is 32.1. The van der Waals surface area contributed by atoms with Crippen molar-refractivity contribution in [3.05, 3.63) is 45.9 Å². The molecule has 0 radical (unpaired) electrons. The van der Waals surface area contributed by atoms with Crippen LogP contribution in [0.3, 0.4) is 0 Å². The predicted octanol–water partition coefficient (Wildman–Crippen LogP) is 1.27. The van der Waals surface area contributed by atoms with E-state index in [-0.39, 0.29) is 6.61 Å². The van der Waals surface area contributed by atoms with Gasteiger partial charge in [0.15, 0.2) is 12.6 Å². The Morgan fingerprint density at radius 2 is 1.92 bits per heavy atom. The molecule has 1 heterocycles. The number of aryl methyl sites for hydroxylation is 1. The van der Waals surface area contributed by atoms with Crippen LogP contribution in [0.1, 0.15) is 15.4 Å². The number of aliphatic imine (C=N–C) groups is 1. The number of thiazole rings is 1. The van der Waals surface area contributed by atoms with Gasteiger partial charge in [-0.3, -0.25) is 9.79 Å². The lowest BCUT2D eigenvalue weighted by molar-refractivity contribution is -0.119. The van der Waals surface area contributed by atoms with Crippen molar-refractivity contribution in [1.82, 2.24) is 15.6 Å². The largest absolute Gasteiger partial charge is 0.484 e. The number of hydrogen-bond acceptors (Lipinski definition) is 5. The van der Waals surface area contributed by atoms with Crippen LogP contribution < -0.4 is 21.1 Å². The van der Waals surface area contributed by atoms with E-state index >= 15 is 0 Å². The Bertz CT molecular complexity index is 727. The number of nitrogens with zero attached hydrogens (tertiary/aromatic N) is 2. The summed E-state index contributed by atoms with van der Waals surface area (Å²) in [5, 5.41) is 7.71. The fraction of sp³-hybridized carbons (Fsp3) is 0.389. The zero-order valence-electron chi connectivity index (χ0n) is 15.1. The molecule has 26 heavy (non-hydrogen) atoms. The number of carbonyl (C=O) groups is 1. The van der Waals surface area contributed by atoms with Crippen LogP contribution in [0, 0.1) is 6.92 Å². The number of rotatable bonds is 9. The van der Waals surface area contributed by atoms with Gasteiger partial charge in [0, 0.05) is 37.6 Å². The van der Waals surface area contributed by atoms with Gasteiger partial charge in [-0.2, -0.15) is 0 Å². The lowest BCUT2D eigenvalue weighted by atomic mass is 10.1. The van der Waals surface area contributed by atoms with E-state index in [9.17, 15) is 4.79 Å². The average molecular weight is 375 g/mol. The molecule has 1 aromatic carbocycles. The Labute approximate surface area is 157 Å². The lowest BCUT2D eigenvalue weighted by Gasteiger charge is -2.11. The maximum absolute atomic E-state index is 10.7. The summed E-state index contributed by atoms with van der Waals surface area (Å²) in [5.41, 5.74) is 6.22. The second kappa shape index (κ2) is 10.4. The van der Waals surface area contributed by atoms with E-state index < -0.39 is 5.91 Å². The summed E-state index contributed by atoms with van der Waals surface area (Å²) >= 11 is 1.72. The molecule has 0 unspecified atom stereocenters. The first-order chi connectivity index (χ1) is 12.6. The SMILES string of the molecule is CN=C(NCCc1ccc(OCC(N)=O)cc1)NCCc1ncc(C)s1. The lowest BCUT2D eigenvalue weighted by Crippen LogP contribution is -2.39. The van der Waals surface area contributed by atoms with Crippen LogP contribution in [0.5, 0.6) is 5.75 Å². The molecule has 0 spiro atoms. The van der Waals surface area contributed by atoms with Gasteiger partial charge in [-0.05, 0) is 31.0 Å². The zero-order chi connectivity index (χ0) is 18.8. The molecule has 0 fully saturated rings. The summed E-state index contributed by atoms with van der Waals surface area (Å²) in [6.45, 7) is 3.50. The van der Waals surface area contributed by atoms with E-state index in [2.05, 4.69) is 27.5 Å². The maximum atomic E-state index is 10.7. The molecule has 0 aliphatic rings. The zero-order valence-corrected chi connectivity index (χ0v) is 15.9. The first-order valence-electron chi connectivity index (χ1n) is 8.42. The van der Waals surface area contributed by atoms with E-state index in [0.29, 0.717) is 5.75 Å². The third-order valence-corrected chi connectivity index (χ3v) is 4.51. The topological polar surface area (TPSA) is 102 Å². The van der Waals surface area contributed by atoms with Crippen molar-refractivity contribution in [2.24, 2.45) is 10.7 Å². The highest BCUT2D eigenvalue weighted by Gasteiger charge is 2.02. The van der Waals surface area contributed by atoms with Crippen LogP contribution in [0.2, 0.25) is 0 Å². The third kappa shape index (κ3) is 7.10. The van der Waals surface area contributed by atoms with Crippen molar-refractivity contribution in [3.63, 3.8) is 0 Å². The average Bonchev–Trinajstić information content (AvgIpc) is 3.05. The molecule has 1 amide bonds. The van der Waals surface area contributed by atoms with Gasteiger partial charge >= 0.3 is 0 Å². The predicted molar refractivity (Wildman–Crippen MR) is 105 cm³/mol. The minimum absolute atomic E-state index is 0.108. The monoisotopic (exact) mass is 375 g/mol. The first-order valence-corrected chi connectivity index (χ1v) is 9.24. The van der Waals surface area contributed by atoms with E-state index in [0.717, 1.165) is 42.5 Å². The standard InChI is InChI=1S/C18H25N5O2S/c1-13-11-23-17(26-13)8-10-22-18(20-2)21-9-7-14-3-5-15(6-4-14)25-12-16(19)24/h3-6,11H,7-10,12H2,1-2H3,(H2,19,24)(H2,20,21,22). The van der Waals surface area contributed by atoms with Crippen molar-refractivity contribution in [3.8, 4) is 5.75 Å². The molecular weight excluding hydrogens is 350 g/mol. The van der Waals surface area contributed by atoms with E-state index in [1.54, 1.807) is 18.4 Å². The van der Waals surface area contributed by atoms with Crippen LogP contribution in [-0.4, -0.2) is 43.6 Å². The molecule has 0 atom stereocenters. The number of ether oxygens (including phenoxy) is 1. The molecule has 8 heteroatoms. The molecule has 2 aromatic rings. The molecule has 2 rings (SSSR count). The van der Waals surface area contributed by atoms with Gasteiger partial charge in [-0.1, -0.05) is 12.1 Å². The third-order valence-electron chi connectivity index (χ3n) is 3.53. The molecule has 0 saturated heterocycles. The van der Waals surface area contributed by atoms with Gasteiger partial charge in [-0.15, -0.1) is 11.3 Å². The number of nitrogens with one attached hydrogen (secondary N) is 2. The number of aromatic nitrogens is 1. The van der Waals surface area contributed by atoms with Gasteiger partial charge in [0.2, 0.25) is 0 Å². The first kappa shape index (κ1) is 19.7. The quantitative estimate of drug-likeness (QED) is 0.452. The number of benzene rings is 1. The number of nitrogens with two attached hydrogens (primary N) is 1. The van der Waals surface area contributed by atoms with Crippen LogP contribution >= 0.6 is 11.3 Å². The molecule has 0 aliphatic heterocycles. The minimum atomic E-state index is -0.484. The second-order valence-electron chi connectivity index (χ2n) is 5.69. The summed E-state index contributed by atoms with van der Waals surface area (Å²) in [4.78, 5) is 20.5. The van der Waals surface area contributed by atoms with Crippen LogP contribution in [0.25, 0.3) is 0 Å². The Kier molecular flexibility index (Phi) is 7.88. The fourth-order valence-electron chi connectivity index (χ4n) is 2.26. The molecule has 4 N–H and O–H groups in total. The van der Waals surface area contributed by atoms with Crippen molar-refractivity contribution >= 4 is 23.2 Å². The van der Waals surface area contributed by atoms with Crippen molar-refractivity contribution in [1.29, 1.82) is 0 Å². The molecule has 1 aromatic heterocycles. The van der Waals surface area contributed by atoms with Gasteiger partial charge in [0.1, 0.15) is 5.75 Å². The Morgan fingerprint density at radius 1 is 1.23 bits per heavy atom. The fourth-order valence-corrected chi connectivity index (χ4v) is 3.04. The highest BCUT2D eigenvalue weighted by molar-refractivity contribution is 7.11. The highest BCUT2D eigenvalue weighted by Crippen LogP contribution is 2.12. The molecule has 0 bridgehead atoms. The number of carbonyl (C=O) groups excluding carboxylic acids is 1. The van der Waals surface area contributed by atoms with Crippen molar-refractivity contribution in [2.75, 3.05) is 26.7 Å². The molecular formula is C18H25N5O2S. The summed E-state index contributed by atoms with van der Waals surface area (Å²) < 4.78 is 5.24. The van der Waals surface area contributed by atoms with Crippen LogP contribution in [0.15, 0.2) is 35.5 Å². The van der Waals surface area contributed by atoms with Crippen molar-refractivity contribution in [2.45, 2.75) is 19.8 Å². The molecule has 0 aliphatic carbocycles. The summed E-state index contributed by atoms with van der Waals surface area (Å²) in [6, 6.07) is 7.61. The van der Waals surface area contributed by atoms with E-state index in [4.69, 9.17) is 10.5 Å². The maximum Gasteiger partial charge on any atom is 0.255 e. The molecule has 7 nitrogen and oxygen atoms in total.